The summed E-state index contributed by atoms with van der Waals surface area (Å²) in [5.74, 6) is 0.622. The van der Waals surface area contributed by atoms with Crippen molar-refractivity contribution in [3.8, 4) is 5.75 Å². The Bertz CT molecular complexity index is 449. The van der Waals surface area contributed by atoms with E-state index >= 15 is 0 Å². The van der Waals surface area contributed by atoms with Crippen molar-refractivity contribution in [1.29, 1.82) is 0 Å². The molecule has 0 saturated carbocycles. The van der Waals surface area contributed by atoms with Crippen molar-refractivity contribution in [1.82, 2.24) is 4.90 Å². The van der Waals surface area contributed by atoms with E-state index in [0.29, 0.717) is 19.7 Å². The van der Waals surface area contributed by atoms with Gasteiger partial charge in [0.05, 0.1) is 20.3 Å². The van der Waals surface area contributed by atoms with Crippen LogP contribution in [0.1, 0.15) is 31.4 Å². The van der Waals surface area contributed by atoms with Gasteiger partial charge in [0.2, 0.25) is 0 Å². The number of nitrogens with zero attached hydrogens (tertiary/aromatic N) is 1. The van der Waals surface area contributed by atoms with Gasteiger partial charge in [0.1, 0.15) is 5.75 Å². The average Bonchev–Trinajstić information content (AvgIpc) is 2.47. The van der Waals surface area contributed by atoms with Crippen LogP contribution in [0.5, 0.6) is 5.75 Å². The predicted molar refractivity (Wildman–Crippen MR) is 83.1 cm³/mol. The standard InChI is InChI=1S/C16H26N2O3/c1-4-8-18(12-16(19)21-5-2)11-14-9-13(10-17)6-7-15(14)20-3/h6-7,9H,4-5,8,10-12,17H2,1-3H3. The second kappa shape index (κ2) is 9.37. The molecule has 5 nitrogen and oxygen atoms in total. The Kier molecular flexibility index (Phi) is 7.79. The van der Waals surface area contributed by atoms with Gasteiger partial charge in [0.15, 0.2) is 0 Å². The number of benzene rings is 1. The molecule has 0 heterocycles. The van der Waals surface area contributed by atoms with E-state index in [4.69, 9.17) is 15.2 Å². The molecule has 0 aliphatic rings. The molecule has 0 radical (unpaired) electrons. The van der Waals surface area contributed by atoms with Crippen LogP contribution < -0.4 is 10.5 Å². The Balaban J connectivity index is 2.84. The predicted octanol–water partition coefficient (Wildman–Crippen LogP) is 1.93. The van der Waals surface area contributed by atoms with Gasteiger partial charge in [-0.05, 0) is 37.6 Å². The van der Waals surface area contributed by atoms with Gasteiger partial charge in [0, 0.05) is 18.7 Å². The molecule has 0 fully saturated rings. The smallest absolute Gasteiger partial charge is 0.320 e. The molecule has 0 saturated heterocycles. The van der Waals surface area contributed by atoms with Gasteiger partial charge in [-0.15, -0.1) is 0 Å². The lowest BCUT2D eigenvalue weighted by Crippen LogP contribution is -2.31. The van der Waals surface area contributed by atoms with Gasteiger partial charge in [-0.1, -0.05) is 13.0 Å². The average molecular weight is 294 g/mol. The molecule has 118 valence electrons. The summed E-state index contributed by atoms with van der Waals surface area (Å²) >= 11 is 0. The summed E-state index contributed by atoms with van der Waals surface area (Å²) in [6, 6.07) is 5.91. The number of hydrogen-bond donors (Lipinski definition) is 1. The van der Waals surface area contributed by atoms with Crippen molar-refractivity contribution >= 4 is 5.97 Å². The van der Waals surface area contributed by atoms with Crippen LogP contribution in [0.15, 0.2) is 18.2 Å². The molecular formula is C16H26N2O3. The van der Waals surface area contributed by atoms with E-state index in [-0.39, 0.29) is 12.5 Å². The van der Waals surface area contributed by atoms with Crippen LogP contribution in [0.4, 0.5) is 0 Å². The molecule has 0 aliphatic heterocycles. The summed E-state index contributed by atoms with van der Waals surface area (Å²) in [4.78, 5) is 13.7. The number of ether oxygens (including phenoxy) is 2. The molecule has 5 heteroatoms. The Labute approximate surface area is 127 Å². The highest BCUT2D eigenvalue weighted by molar-refractivity contribution is 5.71. The molecule has 1 aromatic carbocycles. The lowest BCUT2D eigenvalue weighted by Gasteiger charge is -2.22. The van der Waals surface area contributed by atoms with Crippen LogP contribution in [0.2, 0.25) is 0 Å². The SMILES string of the molecule is CCCN(CC(=O)OCC)Cc1cc(CN)ccc1OC. The number of rotatable bonds is 9. The number of methoxy groups -OCH3 is 1. The van der Waals surface area contributed by atoms with E-state index < -0.39 is 0 Å². The van der Waals surface area contributed by atoms with Crippen LogP contribution in [-0.4, -0.2) is 37.7 Å². The Morgan fingerprint density at radius 2 is 2.10 bits per heavy atom. The van der Waals surface area contributed by atoms with Crippen molar-refractivity contribution in [3.05, 3.63) is 29.3 Å². The zero-order valence-corrected chi connectivity index (χ0v) is 13.2. The minimum Gasteiger partial charge on any atom is -0.496 e. The minimum absolute atomic E-state index is 0.195. The minimum atomic E-state index is -0.195. The molecule has 0 bridgehead atoms. The maximum Gasteiger partial charge on any atom is 0.320 e. The van der Waals surface area contributed by atoms with Gasteiger partial charge in [-0.3, -0.25) is 9.69 Å². The first-order chi connectivity index (χ1) is 10.1. The first kappa shape index (κ1) is 17.5. The monoisotopic (exact) mass is 294 g/mol. The number of esters is 1. The Hall–Kier alpha value is -1.59. The van der Waals surface area contributed by atoms with Crippen LogP contribution in [-0.2, 0) is 22.6 Å². The molecule has 2 N–H and O–H groups in total. The van der Waals surface area contributed by atoms with Gasteiger partial charge in [-0.25, -0.2) is 0 Å². The van der Waals surface area contributed by atoms with Gasteiger partial charge in [-0.2, -0.15) is 0 Å². The highest BCUT2D eigenvalue weighted by Gasteiger charge is 2.14. The van der Waals surface area contributed by atoms with Crippen molar-refractivity contribution in [3.63, 3.8) is 0 Å². The summed E-state index contributed by atoms with van der Waals surface area (Å²) < 4.78 is 10.4. The van der Waals surface area contributed by atoms with Crippen molar-refractivity contribution in [2.24, 2.45) is 5.73 Å². The molecule has 1 aromatic rings. The van der Waals surface area contributed by atoms with E-state index in [2.05, 4.69) is 11.8 Å². The highest BCUT2D eigenvalue weighted by atomic mass is 16.5. The molecule has 0 atom stereocenters. The molecule has 0 unspecified atom stereocenters. The van der Waals surface area contributed by atoms with Crippen molar-refractivity contribution in [2.45, 2.75) is 33.4 Å². The fraction of sp³-hybridized carbons (Fsp3) is 0.562. The lowest BCUT2D eigenvalue weighted by molar-refractivity contribution is -0.144. The first-order valence-corrected chi connectivity index (χ1v) is 7.38. The van der Waals surface area contributed by atoms with Crippen LogP contribution >= 0.6 is 0 Å². The third-order valence-corrected chi connectivity index (χ3v) is 3.17. The summed E-state index contributed by atoms with van der Waals surface area (Å²) in [5, 5.41) is 0. The van der Waals surface area contributed by atoms with E-state index in [9.17, 15) is 4.79 Å². The quantitative estimate of drug-likeness (QED) is 0.705. The topological polar surface area (TPSA) is 64.8 Å². The third-order valence-electron chi connectivity index (χ3n) is 3.17. The van der Waals surface area contributed by atoms with E-state index in [0.717, 1.165) is 29.8 Å². The Morgan fingerprint density at radius 3 is 2.67 bits per heavy atom. The lowest BCUT2D eigenvalue weighted by atomic mass is 10.1. The highest BCUT2D eigenvalue weighted by Crippen LogP contribution is 2.21. The van der Waals surface area contributed by atoms with Crippen molar-refractivity contribution in [2.75, 3.05) is 26.8 Å². The second-order valence-corrected chi connectivity index (χ2v) is 4.87. The number of carbonyl (C=O) groups is 1. The fourth-order valence-electron chi connectivity index (χ4n) is 2.24. The maximum absolute atomic E-state index is 11.7. The molecule has 1 rings (SSSR count). The van der Waals surface area contributed by atoms with E-state index in [1.54, 1.807) is 7.11 Å². The third kappa shape index (κ3) is 5.73. The van der Waals surface area contributed by atoms with E-state index in [1.165, 1.54) is 0 Å². The summed E-state index contributed by atoms with van der Waals surface area (Å²) in [5.41, 5.74) is 7.79. The second-order valence-electron chi connectivity index (χ2n) is 4.87. The maximum atomic E-state index is 11.7. The summed E-state index contributed by atoms with van der Waals surface area (Å²) in [6.45, 7) is 6.56. The molecule has 0 aromatic heterocycles. The van der Waals surface area contributed by atoms with Crippen LogP contribution in [0.3, 0.4) is 0 Å². The van der Waals surface area contributed by atoms with Gasteiger partial charge in [0.25, 0.3) is 0 Å². The molecule has 0 spiro atoms. The first-order valence-electron chi connectivity index (χ1n) is 7.38. The van der Waals surface area contributed by atoms with Gasteiger partial charge < -0.3 is 15.2 Å². The molecule has 0 aliphatic carbocycles. The molecular weight excluding hydrogens is 268 g/mol. The summed E-state index contributed by atoms with van der Waals surface area (Å²) in [7, 11) is 1.65. The zero-order chi connectivity index (χ0) is 15.7. The molecule has 21 heavy (non-hydrogen) atoms. The normalized spacial score (nSPS) is 10.7. The van der Waals surface area contributed by atoms with Gasteiger partial charge >= 0.3 is 5.97 Å². The zero-order valence-electron chi connectivity index (χ0n) is 13.2. The Morgan fingerprint density at radius 1 is 1.33 bits per heavy atom. The fourth-order valence-corrected chi connectivity index (χ4v) is 2.24. The number of carbonyl (C=O) groups excluding carboxylic acids is 1. The number of hydrogen-bond acceptors (Lipinski definition) is 5. The summed E-state index contributed by atoms with van der Waals surface area (Å²) in [6.07, 6.45) is 0.971. The number of nitrogens with two attached hydrogens (primary N) is 1. The van der Waals surface area contributed by atoms with E-state index in [1.807, 2.05) is 25.1 Å². The molecule has 0 amide bonds. The van der Waals surface area contributed by atoms with Crippen LogP contribution in [0.25, 0.3) is 0 Å². The largest absolute Gasteiger partial charge is 0.496 e. The van der Waals surface area contributed by atoms with Crippen LogP contribution in [0, 0.1) is 0 Å². The van der Waals surface area contributed by atoms with Crippen molar-refractivity contribution < 1.29 is 14.3 Å².